The summed E-state index contributed by atoms with van der Waals surface area (Å²) in [4.78, 5) is 0. The van der Waals surface area contributed by atoms with Gasteiger partial charge in [0.05, 0.1) is 0 Å². The average Bonchev–Trinajstić information content (AvgIpc) is 2.24. The molecule has 3 N–H and O–H groups in total. The van der Waals surface area contributed by atoms with E-state index in [0.717, 1.165) is 19.3 Å². The third-order valence-corrected chi connectivity index (χ3v) is 4.83. The molecule has 0 spiro atoms. The number of hydrogen-bond donors (Lipinski definition) is 2. The first-order valence-corrected chi connectivity index (χ1v) is 7.72. The lowest BCUT2D eigenvalue weighted by molar-refractivity contribution is -0.00409. The molecule has 112 valence electrons. The van der Waals surface area contributed by atoms with Gasteiger partial charge in [0.15, 0.2) is 0 Å². The zero-order valence-corrected chi connectivity index (χ0v) is 13.5. The number of nitrogens with two attached hydrogens (primary N) is 1. The zero-order valence-electron chi connectivity index (χ0n) is 13.5. The third kappa shape index (κ3) is 4.76. The predicted molar refractivity (Wildman–Crippen MR) is 81.6 cm³/mol. The summed E-state index contributed by atoms with van der Waals surface area (Å²) in [6, 6.07) is 0. The molecule has 0 aliphatic heterocycles. The topological polar surface area (TPSA) is 55.5 Å². The van der Waals surface area contributed by atoms with Crippen molar-refractivity contribution in [2.45, 2.75) is 72.9 Å². The van der Waals surface area contributed by atoms with Gasteiger partial charge in [-0.3, -0.25) is 0 Å². The molecule has 4 heteroatoms. The van der Waals surface area contributed by atoms with Crippen LogP contribution in [0.3, 0.4) is 0 Å². The second-order valence-corrected chi connectivity index (χ2v) is 7.67. The molecule has 0 saturated heterocycles. The van der Waals surface area contributed by atoms with Gasteiger partial charge in [-0.05, 0) is 42.4 Å². The van der Waals surface area contributed by atoms with Crippen LogP contribution >= 0.6 is 0 Å². The second kappa shape index (κ2) is 6.60. The van der Waals surface area contributed by atoms with Crippen LogP contribution in [-0.2, 0) is 4.65 Å². The summed E-state index contributed by atoms with van der Waals surface area (Å²) < 4.78 is 5.86. The number of hydrogen-bond acceptors (Lipinski definition) is 3. The van der Waals surface area contributed by atoms with Crippen LogP contribution in [0.2, 0.25) is 0 Å². The van der Waals surface area contributed by atoms with Gasteiger partial charge in [-0.2, -0.15) is 0 Å². The Hall–Kier alpha value is -0.0551. The molecule has 1 aliphatic rings. The van der Waals surface area contributed by atoms with Gasteiger partial charge in [-0.25, -0.2) is 0 Å². The van der Waals surface area contributed by atoms with Crippen molar-refractivity contribution in [3.05, 3.63) is 0 Å². The van der Waals surface area contributed by atoms with Crippen molar-refractivity contribution < 1.29 is 9.68 Å². The fourth-order valence-electron chi connectivity index (χ4n) is 3.19. The standard InChI is InChI=1S/C15H32BNO2/c1-10(2)7-14(17)16(18)19-13-8-12(4)15(5,6)9-11(13)3/h10-14,18H,7-9,17H2,1-6H3/t11-,12+,13?,14+/m1/s1. The lowest BCUT2D eigenvalue weighted by Gasteiger charge is -2.44. The summed E-state index contributed by atoms with van der Waals surface area (Å²) in [5.74, 6) is 1.29. The molecular weight excluding hydrogens is 237 g/mol. The quantitative estimate of drug-likeness (QED) is 0.754. The first kappa shape index (κ1) is 17.0. The maximum atomic E-state index is 10.1. The Bertz CT molecular complexity index is 283. The smallest absolute Gasteiger partial charge is 0.426 e. The molecule has 0 aromatic heterocycles. The van der Waals surface area contributed by atoms with E-state index in [1.165, 1.54) is 0 Å². The lowest BCUT2D eigenvalue weighted by Crippen LogP contribution is -2.48. The Morgan fingerprint density at radius 2 is 1.95 bits per heavy atom. The Morgan fingerprint density at radius 1 is 1.37 bits per heavy atom. The van der Waals surface area contributed by atoms with Crippen LogP contribution in [0.15, 0.2) is 0 Å². The molecule has 3 nitrogen and oxygen atoms in total. The van der Waals surface area contributed by atoms with Gasteiger partial charge in [0, 0.05) is 12.0 Å². The van der Waals surface area contributed by atoms with E-state index in [0.29, 0.717) is 23.2 Å². The summed E-state index contributed by atoms with van der Waals surface area (Å²) >= 11 is 0. The predicted octanol–water partition coefficient (Wildman–Crippen LogP) is 2.86. The molecule has 0 heterocycles. The van der Waals surface area contributed by atoms with Gasteiger partial charge in [-0.15, -0.1) is 0 Å². The van der Waals surface area contributed by atoms with Crippen molar-refractivity contribution in [1.29, 1.82) is 0 Å². The van der Waals surface area contributed by atoms with Crippen molar-refractivity contribution in [2.24, 2.45) is 28.9 Å². The van der Waals surface area contributed by atoms with E-state index in [1.807, 2.05) is 0 Å². The van der Waals surface area contributed by atoms with E-state index in [-0.39, 0.29) is 12.0 Å². The van der Waals surface area contributed by atoms with Crippen LogP contribution in [0, 0.1) is 23.2 Å². The summed E-state index contributed by atoms with van der Waals surface area (Å²) in [7, 11) is -0.830. The van der Waals surface area contributed by atoms with Crippen LogP contribution in [0.5, 0.6) is 0 Å². The molecule has 0 aromatic carbocycles. The molecule has 1 aliphatic carbocycles. The summed E-state index contributed by atoms with van der Waals surface area (Å²) in [5.41, 5.74) is 6.36. The minimum absolute atomic E-state index is 0.135. The van der Waals surface area contributed by atoms with Gasteiger partial charge >= 0.3 is 7.12 Å². The van der Waals surface area contributed by atoms with Gasteiger partial charge in [-0.1, -0.05) is 41.5 Å². The summed E-state index contributed by atoms with van der Waals surface area (Å²) in [6.45, 7) is 13.4. The SMILES string of the molecule is CC(C)C[C@H](N)B(O)OC1C[C@H](C)C(C)(C)C[C@H]1C. The van der Waals surface area contributed by atoms with Crippen LogP contribution in [0.1, 0.15) is 60.8 Å². The van der Waals surface area contributed by atoms with E-state index in [4.69, 9.17) is 10.4 Å². The van der Waals surface area contributed by atoms with E-state index in [9.17, 15) is 5.02 Å². The van der Waals surface area contributed by atoms with Crippen molar-refractivity contribution in [2.75, 3.05) is 0 Å². The molecule has 0 amide bonds. The van der Waals surface area contributed by atoms with Crippen LogP contribution in [0.25, 0.3) is 0 Å². The van der Waals surface area contributed by atoms with E-state index in [2.05, 4.69) is 41.5 Å². The first-order valence-electron chi connectivity index (χ1n) is 7.72. The highest BCUT2D eigenvalue weighted by atomic mass is 16.5. The van der Waals surface area contributed by atoms with Crippen molar-refractivity contribution in [3.8, 4) is 0 Å². The van der Waals surface area contributed by atoms with Crippen LogP contribution < -0.4 is 5.73 Å². The fourth-order valence-corrected chi connectivity index (χ4v) is 3.19. The maximum Gasteiger partial charge on any atom is 0.472 e. The maximum absolute atomic E-state index is 10.1. The summed E-state index contributed by atoms with van der Waals surface area (Å²) in [6.07, 6.45) is 3.09. The van der Waals surface area contributed by atoms with E-state index >= 15 is 0 Å². The highest BCUT2D eigenvalue weighted by molar-refractivity contribution is 6.44. The molecule has 0 radical (unpaired) electrons. The van der Waals surface area contributed by atoms with Gasteiger partial charge in [0.1, 0.15) is 0 Å². The molecule has 1 rings (SSSR count). The van der Waals surface area contributed by atoms with Crippen LogP contribution in [-0.4, -0.2) is 24.2 Å². The Kier molecular flexibility index (Phi) is 5.90. The molecule has 1 fully saturated rings. The molecule has 1 unspecified atom stereocenters. The molecule has 19 heavy (non-hydrogen) atoms. The number of rotatable bonds is 5. The third-order valence-electron chi connectivity index (χ3n) is 4.83. The summed E-state index contributed by atoms with van der Waals surface area (Å²) in [5, 5.41) is 10.1. The minimum Gasteiger partial charge on any atom is -0.426 e. The van der Waals surface area contributed by atoms with Gasteiger partial charge in [0.2, 0.25) is 0 Å². The van der Waals surface area contributed by atoms with E-state index < -0.39 is 7.12 Å². The zero-order chi connectivity index (χ0) is 14.8. The Labute approximate surface area is 119 Å². The average molecular weight is 269 g/mol. The highest BCUT2D eigenvalue weighted by Gasteiger charge is 2.40. The Morgan fingerprint density at radius 3 is 2.47 bits per heavy atom. The highest BCUT2D eigenvalue weighted by Crippen LogP contribution is 2.44. The Balaban J connectivity index is 2.53. The second-order valence-electron chi connectivity index (χ2n) is 7.67. The van der Waals surface area contributed by atoms with Crippen LogP contribution in [0.4, 0.5) is 0 Å². The monoisotopic (exact) mass is 269 g/mol. The fraction of sp³-hybridized carbons (Fsp3) is 1.00. The van der Waals surface area contributed by atoms with Gasteiger partial charge < -0.3 is 15.4 Å². The van der Waals surface area contributed by atoms with Crippen molar-refractivity contribution in [1.82, 2.24) is 0 Å². The lowest BCUT2D eigenvalue weighted by atomic mass is 9.64. The molecule has 0 aromatic rings. The molecule has 0 bridgehead atoms. The van der Waals surface area contributed by atoms with Gasteiger partial charge in [0.25, 0.3) is 0 Å². The minimum atomic E-state index is -0.830. The van der Waals surface area contributed by atoms with Crippen molar-refractivity contribution in [3.63, 3.8) is 0 Å². The normalized spacial score (nSPS) is 32.4. The van der Waals surface area contributed by atoms with Crippen molar-refractivity contribution >= 4 is 7.12 Å². The molecular formula is C15H32BNO2. The molecule has 4 atom stereocenters. The first-order chi connectivity index (χ1) is 8.63. The van der Waals surface area contributed by atoms with E-state index in [1.54, 1.807) is 0 Å². The largest absolute Gasteiger partial charge is 0.472 e. The molecule has 1 saturated carbocycles.